The van der Waals surface area contributed by atoms with E-state index in [0.29, 0.717) is 10.7 Å². The lowest BCUT2D eigenvalue weighted by molar-refractivity contribution is 0.102. The second-order valence-electron chi connectivity index (χ2n) is 5.74. The standard InChI is InChI=1S/C19H20N2OS/c1-3-4-5-14-8-11-16-17(12-14)23-19(20-16)21-18(22)15-9-6-13(2)7-10-15/h6-12H,3-5H2,1-2H3,(H,20,21,22). The number of thiazole rings is 1. The summed E-state index contributed by atoms with van der Waals surface area (Å²) in [6, 6.07) is 13.9. The second-order valence-corrected chi connectivity index (χ2v) is 6.78. The molecule has 0 atom stereocenters. The van der Waals surface area contributed by atoms with E-state index in [1.165, 1.54) is 29.7 Å². The van der Waals surface area contributed by atoms with Gasteiger partial charge in [-0.15, -0.1) is 0 Å². The summed E-state index contributed by atoms with van der Waals surface area (Å²) in [5.41, 5.74) is 4.06. The van der Waals surface area contributed by atoms with Crippen molar-refractivity contribution < 1.29 is 4.79 Å². The summed E-state index contributed by atoms with van der Waals surface area (Å²) >= 11 is 1.53. The smallest absolute Gasteiger partial charge is 0.257 e. The van der Waals surface area contributed by atoms with Crippen LogP contribution >= 0.6 is 11.3 Å². The molecule has 1 heterocycles. The Balaban J connectivity index is 1.77. The summed E-state index contributed by atoms with van der Waals surface area (Å²) in [4.78, 5) is 16.8. The van der Waals surface area contributed by atoms with Gasteiger partial charge in [-0.1, -0.05) is 48.4 Å². The first-order valence-electron chi connectivity index (χ1n) is 7.93. The Bertz CT molecular complexity index is 821. The van der Waals surface area contributed by atoms with Gasteiger partial charge in [-0.3, -0.25) is 10.1 Å². The summed E-state index contributed by atoms with van der Waals surface area (Å²) in [6.07, 6.45) is 3.48. The number of hydrogen-bond donors (Lipinski definition) is 1. The molecular formula is C19H20N2OS. The van der Waals surface area contributed by atoms with Crippen LogP contribution in [0.25, 0.3) is 10.2 Å². The van der Waals surface area contributed by atoms with Gasteiger partial charge in [-0.05, 0) is 49.6 Å². The number of rotatable bonds is 5. The maximum absolute atomic E-state index is 12.3. The number of benzene rings is 2. The van der Waals surface area contributed by atoms with E-state index in [4.69, 9.17) is 0 Å². The predicted octanol–water partition coefficient (Wildman–Crippen LogP) is 5.20. The van der Waals surface area contributed by atoms with Crippen LogP contribution in [0.2, 0.25) is 0 Å². The third kappa shape index (κ3) is 3.77. The van der Waals surface area contributed by atoms with E-state index >= 15 is 0 Å². The van der Waals surface area contributed by atoms with Crippen molar-refractivity contribution in [2.24, 2.45) is 0 Å². The summed E-state index contributed by atoms with van der Waals surface area (Å²) in [7, 11) is 0. The van der Waals surface area contributed by atoms with E-state index in [1.54, 1.807) is 0 Å². The fourth-order valence-electron chi connectivity index (χ4n) is 2.43. The molecule has 0 radical (unpaired) electrons. The number of carbonyl (C=O) groups is 1. The molecule has 3 aromatic rings. The molecule has 0 aliphatic heterocycles. The molecule has 3 nitrogen and oxygen atoms in total. The van der Waals surface area contributed by atoms with Gasteiger partial charge in [0, 0.05) is 5.56 Å². The van der Waals surface area contributed by atoms with Crippen molar-refractivity contribution in [1.29, 1.82) is 0 Å². The van der Waals surface area contributed by atoms with E-state index in [-0.39, 0.29) is 5.91 Å². The monoisotopic (exact) mass is 324 g/mol. The fraction of sp³-hybridized carbons (Fsp3) is 0.263. The number of fused-ring (bicyclic) bond motifs is 1. The second kappa shape index (κ2) is 6.92. The molecule has 1 aromatic heterocycles. The highest BCUT2D eigenvalue weighted by molar-refractivity contribution is 7.22. The van der Waals surface area contributed by atoms with Crippen LogP contribution in [0.4, 0.5) is 5.13 Å². The van der Waals surface area contributed by atoms with Crippen molar-refractivity contribution in [2.75, 3.05) is 5.32 Å². The minimum Gasteiger partial charge on any atom is -0.298 e. The lowest BCUT2D eigenvalue weighted by Gasteiger charge is -2.01. The van der Waals surface area contributed by atoms with Crippen LogP contribution in [0.15, 0.2) is 42.5 Å². The van der Waals surface area contributed by atoms with Gasteiger partial charge in [0.1, 0.15) is 0 Å². The highest BCUT2D eigenvalue weighted by atomic mass is 32.1. The predicted molar refractivity (Wildman–Crippen MR) is 97.4 cm³/mol. The van der Waals surface area contributed by atoms with Gasteiger partial charge >= 0.3 is 0 Å². The average molecular weight is 324 g/mol. The Morgan fingerprint density at radius 2 is 1.96 bits per heavy atom. The van der Waals surface area contributed by atoms with Crippen molar-refractivity contribution in [3.8, 4) is 0 Å². The zero-order valence-corrected chi connectivity index (χ0v) is 14.2. The highest BCUT2D eigenvalue weighted by Gasteiger charge is 2.10. The zero-order chi connectivity index (χ0) is 16.2. The van der Waals surface area contributed by atoms with E-state index in [2.05, 4.69) is 29.4 Å². The number of hydrogen-bond acceptors (Lipinski definition) is 3. The van der Waals surface area contributed by atoms with Gasteiger partial charge in [0.2, 0.25) is 0 Å². The number of anilines is 1. The Kier molecular flexibility index (Phi) is 4.72. The fourth-order valence-corrected chi connectivity index (χ4v) is 3.36. The number of aryl methyl sites for hydroxylation is 2. The van der Waals surface area contributed by atoms with Crippen LogP contribution < -0.4 is 5.32 Å². The molecule has 0 bridgehead atoms. The Morgan fingerprint density at radius 3 is 2.70 bits per heavy atom. The van der Waals surface area contributed by atoms with Crippen LogP contribution in [0.3, 0.4) is 0 Å². The van der Waals surface area contributed by atoms with Gasteiger partial charge in [-0.25, -0.2) is 4.98 Å². The van der Waals surface area contributed by atoms with Crippen molar-refractivity contribution in [2.45, 2.75) is 33.1 Å². The molecule has 0 aliphatic rings. The summed E-state index contributed by atoms with van der Waals surface area (Å²) in [5, 5.41) is 3.55. The lowest BCUT2D eigenvalue weighted by Crippen LogP contribution is -2.11. The Morgan fingerprint density at radius 1 is 1.17 bits per heavy atom. The minimum absolute atomic E-state index is 0.115. The Hall–Kier alpha value is -2.20. The van der Waals surface area contributed by atoms with Gasteiger partial charge in [0.05, 0.1) is 10.2 Å². The summed E-state index contributed by atoms with van der Waals surface area (Å²) in [5.74, 6) is -0.115. The van der Waals surface area contributed by atoms with Crippen LogP contribution in [-0.2, 0) is 6.42 Å². The first-order chi connectivity index (χ1) is 11.2. The van der Waals surface area contributed by atoms with Crippen LogP contribution in [0.5, 0.6) is 0 Å². The molecule has 0 unspecified atom stereocenters. The number of amides is 1. The van der Waals surface area contributed by atoms with E-state index in [9.17, 15) is 4.79 Å². The minimum atomic E-state index is -0.115. The van der Waals surface area contributed by atoms with Gasteiger partial charge < -0.3 is 0 Å². The van der Waals surface area contributed by atoms with Crippen LogP contribution in [0, 0.1) is 6.92 Å². The molecule has 23 heavy (non-hydrogen) atoms. The topological polar surface area (TPSA) is 42.0 Å². The average Bonchev–Trinajstić information content (AvgIpc) is 2.94. The third-order valence-corrected chi connectivity index (χ3v) is 4.74. The quantitative estimate of drug-likeness (QED) is 0.701. The Labute approximate surface area is 140 Å². The zero-order valence-electron chi connectivity index (χ0n) is 13.4. The molecule has 1 amide bonds. The van der Waals surface area contributed by atoms with Gasteiger partial charge in [0.25, 0.3) is 5.91 Å². The molecule has 1 N–H and O–H groups in total. The summed E-state index contributed by atoms with van der Waals surface area (Å²) < 4.78 is 1.12. The maximum Gasteiger partial charge on any atom is 0.257 e. The van der Waals surface area contributed by atoms with Crippen molar-refractivity contribution in [3.05, 3.63) is 59.2 Å². The number of unbranched alkanes of at least 4 members (excludes halogenated alkanes) is 1. The molecule has 2 aromatic carbocycles. The van der Waals surface area contributed by atoms with Gasteiger partial charge in [0.15, 0.2) is 5.13 Å². The third-order valence-electron chi connectivity index (χ3n) is 3.81. The van der Waals surface area contributed by atoms with Crippen molar-refractivity contribution >= 4 is 32.6 Å². The number of nitrogens with one attached hydrogen (secondary N) is 1. The van der Waals surface area contributed by atoms with Gasteiger partial charge in [-0.2, -0.15) is 0 Å². The molecule has 0 fully saturated rings. The largest absolute Gasteiger partial charge is 0.298 e. The molecule has 3 rings (SSSR count). The van der Waals surface area contributed by atoms with Crippen molar-refractivity contribution in [3.63, 3.8) is 0 Å². The SMILES string of the molecule is CCCCc1ccc2nc(NC(=O)c3ccc(C)cc3)sc2c1. The van der Waals surface area contributed by atoms with Crippen molar-refractivity contribution in [1.82, 2.24) is 4.98 Å². The molecule has 0 spiro atoms. The first-order valence-corrected chi connectivity index (χ1v) is 8.75. The molecule has 0 aliphatic carbocycles. The molecule has 118 valence electrons. The van der Waals surface area contributed by atoms with E-state index < -0.39 is 0 Å². The van der Waals surface area contributed by atoms with Crippen LogP contribution in [0.1, 0.15) is 41.3 Å². The van der Waals surface area contributed by atoms with E-state index in [0.717, 1.165) is 22.2 Å². The van der Waals surface area contributed by atoms with Crippen LogP contribution in [-0.4, -0.2) is 10.9 Å². The molecular weight excluding hydrogens is 304 g/mol. The molecule has 0 saturated heterocycles. The maximum atomic E-state index is 12.3. The highest BCUT2D eigenvalue weighted by Crippen LogP contribution is 2.27. The first kappa shape index (κ1) is 15.7. The van der Waals surface area contributed by atoms with E-state index in [1.807, 2.05) is 37.3 Å². The number of nitrogens with zero attached hydrogens (tertiary/aromatic N) is 1. The number of carbonyl (C=O) groups excluding carboxylic acids is 1. The summed E-state index contributed by atoms with van der Waals surface area (Å²) in [6.45, 7) is 4.20. The molecule has 4 heteroatoms. The number of aromatic nitrogens is 1. The lowest BCUT2D eigenvalue weighted by atomic mass is 10.1. The normalized spacial score (nSPS) is 10.9. The molecule has 0 saturated carbocycles.